The molecule has 0 bridgehead atoms. The summed E-state index contributed by atoms with van der Waals surface area (Å²) in [6.07, 6.45) is 5.53. The number of alkyl halides is 1. The standard InChI is InChI=1S/C9H15ClO2/c10-7-6-9(8(11)12)4-2-1-3-5-9/h1-7H2,(H,11,12). The molecule has 0 amide bonds. The molecule has 70 valence electrons. The number of halogens is 1. The summed E-state index contributed by atoms with van der Waals surface area (Å²) < 4.78 is 0. The molecular formula is C9H15ClO2. The maximum Gasteiger partial charge on any atom is 0.309 e. The first kappa shape index (κ1) is 9.85. The van der Waals surface area contributed by atoms with Crippen molar-refractivity contribution < 1.29 is 9.90 Å². The lowest BCUT2D eigenvalue weighted by Crippen LogP contribution is -2.33. The summed E-state index contributed by atoms with van der Waals surface area (Å²) in [6, 6.07) is 0. The second kappa shape index (κ2) is 4.13. The van der Waals surface area contributed by atoms with Gasteiger partial charge in [0.2, 0.25) is 0 Å². The molecule has 1 aliphatic rings. The van der Waals surface area contributed by atoms with Gasteiger partial charge >= 0.3 is 5.97 Å². The zero-order valence-corrected chi connectivity index (χ0v) is 7.94. The molecule has 0 spiro atoms. The minimum Gasteiger partial charge on any atom is -0.481 e. The number of hydrogen-bond donors (Lipinski definition) is 1. The van der Waals surface area contributed by atoms with Crippen molar-refractivity contribution in [3.8, 4) is 0 Å². The van der Waals surface area contributed by atoms with Crippen LogP contribution >= 0.6 is 11.6 Å². The SMILES string of the molecule is O=C(O)C1(CCCl)CCCCC1. The van der Waals surface area contributed by atoms with Gasteiger partial charge in [-0.05, 0) is 19.3 Å². The third-order valence-electron chi connectivity index (χ3n) is 2.84. The maximum atomic E-state index is 11.0. The van der Waals surface area contributed by atoms with Crippen molar-refractivity contribution in [1.29, 1.82) is 0 Å². The summed E-state index contributed by atoms with van der Waals surface area (Å²) in [5.74, 6) is -0.186. The second-order valence-electron chi connectivity index (χ2n) is 3.59. The number of carboxylic acid groups (broad SMARTS) is 1. The molecule has 0 heterocycles. The number of rotatable bonds is 3. The van der Waals surface area contributed by atoms with E-state index in [-0.39, 0.29) is 0 Å². The van der Waals surface area contributed by atoms with Gasteiger partial charge in [0.15, 0.2) is 0 Å². The third kappa shape index (κ3) is 1.92. The average molecular weight is 191 g/mol. The van der Waals surface area contributed by atoms with Gasteiger partial charge < -0.3 is 5.11 Å². The van der Waals surface area contributed by atoms with E-state index in [9.17, 15) is 4.79 Å². The molecule has 0 aromatic rings. The van der Waals surface area contributed by atoms with Gasteiger partial charge in [0.25, 0.3) is 0 Å². The number of carbonyl (C=O) groups is 1. The van der Waals surface area contributed by atoms with Gasteiger partial charge in [-0.1, -0.05) is 19.3 Å². The first-order valence-electron chi connectivity index (χ1n) is 4.51. The van der Waals surface area contributed by atoms with Crippen molar-refractivity contribution in [2.45, 2.75) is 38.5 Å². The Morgan fingerprint density at radius 3 is 2.33 bits per heavy atom. The van der Waals surface area contributed by atoms with Crippen molar-refractivity contribution in [2.75, 3.05) is 5.88 Å². The zero-order chi connectivity index (χ0) is 9.03. The van der Waals surface area contributed by atoms with Crippen molar-refractivity contribution in [1.82, 2.24) is 0 Å². The zero-order valence-electron chi connectivity index (χ0n) is 7.18. The van der Waals surface area contributed by atoms with Crippen LogP contribution in [0.4, 0.5) is 0 Å². The van der Waals surface area contributed by atoms with Crippen LogP contribution in [0.25, 0.3) is 0 Å². The molecule has 0 aliphatic heterocycles. The van der Waals surface area contributed by atoms with Gasteiger partial charge in [-0.15, -0.1) is 11.6 Å². The second-order valence-corrected chi connectivity index (χ2v) is 3.96. The monoisotopic (exact) mass is 190 g/mol. The minimum atomic E-state index is -0.650. The normalized spacial score (nSPS) is 22.1. The molecular weight excluding hydrogens is 176 g/mol. The van der Waals surface area contributed by atoms with E-state index in [1.807, 2.05) is 0 Å². The Bertz CT molecular complexity index is 156. The predicted octanol–water partition coefficient (Wildman–Crippen LogP) is 2.65. The number of hydrogen-bond acceptors (Lipinski definition) is 1. The summed E-state index contributed by atoms with van der Waals surface area (Å²) in [5, 5.41) is 9.06. The molecule has 12 heavy (non-hydrogen) atoms. The van der Waals surface area contributed by atoms with Gasteiger partial charge in [0, 0.05) is 5.88 Å². The Labute approximate surface area is 77.9 Å². The van der Waals surface area contributed by atoms with Crippen LogP contribution in [0.5, 0.6) is 0 Å². The van der Waals surface area contributed by atoms with Gasteiger partial charge in [-0.3, -0.25) is 4.79 Å². The topological polar surface area (TPSA) is 37.3 Å². The van der Waals surface area contributed by atoms with Gasteiger partial charge in [-0.2, -0.15) is 0 Å². The highest BCUT2D eigenvalue weighted by Gasteiger charge is 2.38. The molecule has 3 heteroatoms. The van der Waals surface area contributed by atoms with E-state index in [1.165, 1.54) is 6.42 Å². The van der Waals surface area contributed by atoms with E-state index in [1.54, 1.807) is 0 Å². The third-order valence-corrected chi connectivity index (χ3v) is 3.03. The largest absolute Gasteiger partial charge is 0.481 e. The first-order chi connectivity index (χ1) is 5.71. The van der Waals surface area contributed by atoms with Crippen molar-refractivity contribution >= 4 is 17.6 Å². The Balaban J connectivity index is 2.63. The summed E-state index contributed by atoms with van der Waals surface area (Å²) in [7, 11) is 0. The lowest BCUT2D eigenvalue weighted by molar-refractivity contribution is -0.151. The predicted molar refractivity (Wildman–Crippen MR) is 48.5 cm³/mol. The summed E-state index contributed by atoms with van der Waals surface area (Å²) in [6.45, 7) is 0. The summed E-state index contributed by atoms with van der Waals surface area (Å²) >= 11 is 5.61. The summed E-state index contributed by atoms with van der Waals surface area (Å²) in [4.78, 5) is 11.0. The van der Waals surface area contributed by atoms with Crippen LogP contribution in [0.2, 0.25) is 0 Å². The van der Waals surface area contributed by atoms with Crippen LogP contribution in [0, 0.1) is 5.41 Å². The molecule has 0 unspecified atom stereocenters. The lowest BCUT2D eigenvalue weighted by Gasteiger charge is -2.32. The van der Waals surface area contributed by atoms with Gasteiger partial charge in [0.05, 0.1) is 5.41 Å². The average Bonchev–Trinajstić information content (AvgIpc) is 2.06. The van der Waals surface area contributed by atoms with Crippen LogP contribution in [0.15, 0.2) is 0 Å². The van der Waals surface area contributed by atoms with Crippen LogP contribution in [0.1, 0.15) is 38.5 Å². The molecule has 0 saturated heterocycles. The Morgan fingerprint density at radius 1 is 1.33 bits per heavy atom. The van der Waals surface area contributed by atoms with E-state index in [0.29, 0.717) is 12.3 Å². The Kier molecular flexibility index (Phi) is 3.39. The quantitative estimate of drug-likeness (QED) is 0.695. The highest BCUT2D eigenvalue weighted by Crippen LogP contribution is 2.39. The van der Waals surface area contributed by atoms with Crippen LogP contribution in [-0.2, 0) is 4.79 Å². The molecule has 1 rings (SSSR count). The molecule has 0 radical (unpaired) electrons. The smallest absolute Gasteiger partial charge is 0.309 e. The van der Waals surface area contributed by atoms with E-state index in [0.717, 1.165) is 25.7 Å². The summed E-state index contributed by atoms with van der Waals surface area (Å²) in [5.41, 5.74) is -0.486. The fraction of sp³-hybridized carbons (Fsp3) is 0.889. The van der Waals surface area contributed by atoms with Crippen molar-refractivity contribution in [3.05, 3.63) is 0 Å². The maximum absolute atomic E-state index is 11.0. The van der Waals surface area contributed by atoms with E-state index >= 15 is 0 Å². The highest BCUT2D eigenvalue weighted by molar-refractivity contribution is 6.18. The Morgan fingerprint density at radius 2 is 1.92 bits per heavy atom. The molecule has 1 aliphatic carbocycles. The first-order valence-corrected chi connectivity index (χ1v) is 5.04. The van der Waals surface area contributed by atoms with Gasteiger partial charge in [-0.25, -0.2) is 0 Å². The number of aliphatic carboxylic acids is 1. The molecule has 1 N–H and O–H groups in total. The molecule has 0 atom stereocenters. The van der Waals surface area contributed by atoms with Crippen molar-refractivity contribution in [2.24, 2.45) is 5.41 Å². The molecule has 1 saturated carbocycles. The van der Waals surface area contributed by atoms with Gasteiger partial charge in [0.1, 0.15) is 0 Å². The molecule has 0 aromatic heterocycles. The Hall–Kier alpha value is -0.240. The van der Waals surface area contributed by atoms with Crippen LogP contribution in [-0.4, -0.2) is 17.0 Å². The fourth-order valence-electron chi connectivity index (χ4n) is 1.98. The number of carboxylic acids is 1. The van der Waals surface area contributed by atoms with Crippen LogP contribution < -0.4 is 0 Å². The highest BCUT2D eigenvalue weighted by atomic mass is 35.5. The van der Waals surface area contributed by atoms with E-state index in [4.69, 9.17) is 16.7 Å². The van der Waals surface area contributed by atoms with Crippen LogP contribution in [0.3, 0.4) is 0 Å². The fourth-order valence-corrected chi connectivity index (χ4v) is 2.34. The molecule has 0 aromatic carbocycles. The van der Waals surface area contributed by atoms with Crippen molar-refractivity contribution in [3.63, 3.8) is 0 Å². The minimum absolute atomic E-state index is 0.465. The molecule has 1 fully saturated rings. The molecule has 2 nitrogen and oxygen atoms in total. The van der Waals surface area contributed by atoms with E-state index in [2.05, 4.69) is 0 Å². The van der Waals surface area contributed by atoms with E-state index < -0.39 is 11.4 Å². The lowest BCUT2D eigenvalue weighted by atomic mass is 9.72.